The Kier molecular flexibility index (Phi) is 4.11. The zero-order chi connectivity index (χ0) is 17.3. The highest BCUT2D eigenvalue weighted by molar-refractivity contribution is 6.34. The second kappa shape index (κ2) is 6.09. The number of benzene rings is 2. The molecule has 2 aromatic rings. The molecule has 1 heterocycles. The van der Waals surface area contributed by atoms with Gasteiger partial charge in [-0.25, -0.2) is 4.79 Å². The zero-order valence-electron chi connectivity index (χ0n) is 13.0. The standard InChI is InChI=1S/C18H15ClN2O3/c1-18(12-7-3-2-4-8-12)16(23)21(17(24)20-18)11-15(22)13-9-5-6-10-14(13)19/h2-10H,11H2,1H3,(H,20,24)/t18-/m1/s1. The lowest BCUT2D eigenvalue weighted by atomic mass is 9.92. The van der Waals surface area contributed by atoms with Gasteiger partial charge in [-0.05, 0) is 24.6 Å². The summed E-state index contributed by atoms with van der Waals surface area (Å²) in [6.45, 7) is 1.28. The molecule has 0 aromatic heterocycles. The Bertz CT molecular complexity index is 822. The molecule has 0 spiro atoms. The summed E-state index contributed by atoms with van der Waals surface area (Å²) in [6.07, 6.45) is 0. The van der Waals surface area contributed by atoms with Gasteiger partial charge in [-0.3, -0.25) is 14.5 Å². The quantitative estimate of drug-likeness (QED) is 0.686. The van der Waals surface area contributed by atoms with Crippen LogP contribution in [0.4, 0.5) is 4.79 Å². The summed E-state index contributed by atoms with van der Waals surface area (Å²) in [6, 6.07) is 14.9. The van der Waals surface area contributed by atoms with Gasteiger partial charge in [0.1, 0.15) is 5.54 Å². The van der Waals surface area contributed by atoms with Crippen molar-refractivity contribution < 1.29 is 14.4 Å². The van der Waals surface area contributed by atoms with Gasteiger partial charge in [-0.1, -0.05) is 54.1 Å². The molecule has 0 saturated carbocycles. The van der Waals surface area contributed by atoms with E-state index in [0.717, 1.165) is 4.90 Å². The third-order valence-corrected chi connectivity index (χ3v) is 4.43. The van der Waals surface area contributed by atoms with Gasteiger partial charge in [0.15, 0.2) is 5.78 Å². The summed E-state index contributed by atoms with van der Waals surface area (Å²) in [7, 11) is 0. The maximum absolute atomic E-state index is 12.7. The fourth-order valence-corrected chi connectivity index (χ4v) is 2.96. The van der Waals surface area contributed by atoms with Crippen LogP contribution in [-0.4, -0.2) is 29.2 Å². The number of Topliss-reactive ketones (excluding diaryl/α,β-unsaturated/α-hetero) is 1. The first-order valence-electron chi connectivity index (χ1n) is 7.41. The number of carbonyl (C=O) groups is 3. The molecule has 1 saturated heterocycles. The van der Waals surface area contributed by atoms with Crippen molar-refractivity contribution in [3.8, 4) is 0 Å². The van der Waals surface area contributed by atoms with Gasteiger partial charge in [0.25, 0.3) is 5.91 Å². The van der Waals surface area contributed by atoms with Crippen molar-refractivity contribution in [2.45, 2.75) is 12.5 Å². The summed E-state index contributed by atoms with van der Waals surface area (Å²) in [5.74, 6) is -0.847. The topological polar surface area (TPSA) is 66.5 Å². The molecule has 3 rings (SSSR count). The minimum absolute atomic E-state index is 0.285. The molecule has 1 atom stereocenters. The van der Waals surface area contributed by atoms with E-state index in [1.165, 1.54) is 0 Å². The van der Waals surface area contributed by atoms with Crippen LogP contribution in [0.15, 0.2) is 54.6 Å². The molecule has 0 unspecified atom stereocenters. The van der Waals surface area contributed by atoms with E-state index in [2.05, 4.69) is 5.32 Å². The molecular formula is C18H15ClN2O3. The van der Waals surface area contributed by atoms with E-state index in [1.54, 1.807) is 55.5 Å². The van der Waals surface area contributed by atoms with Crippen LogP contribution < -0.4 is 5.32 Å². The number of rotatable bonds is 4. The fraction of sp³-hybridized carbons (Fsp3) is 0.167. The molecular weight excluding hydrogens is 328 g/mol. The molecule has 1 fully saturated rings. The van der Waals surface area contributed by atoms with Crippen molar-refractivity contribution in [3.05, 3.63) is 70.7 Å². The van der Waals surface area contributed by atoms with Crippen LogP contribution in [-0.2, 0) is 10.3 Å². The number of halogens is 1. The van der Waals surface area contributed by atoms with E-state index in [0.29, 0.717) is 10.6 Å². The summed E-state index contributed by atoms with van der Waals surface area (Å²) in [5, 5.41) is 2.96. The van der Waals surface area contributed by atoms with Gasteiger partial charge in [0, 0.05) is 5.56 Å². The summed E-state index contributed by atoms with van der Waals surface area (Å²) < 4.78 is 0. The number of nitrogens with one attached hydrogen (secondary N) is 1. The normalized spacial score (nSPS) is 20.2. The average molecular weight is 343 g/mol. The number of imide groups is 1. The number of amides is 3. The van der Waals surface area contributed by atoms with Crippen molar-refractivity contribution in [2.24, 2.45) is 0 Å². The number of hydrogen-bond acceptors (Lipinski definition) is 3. The molecule has 1 N–H and O–H groups in total. The third-order valence-electron chi connectivity index (χ3n) is 4.10. The molecule has 0 bridgehead atoms. The molecule has 0 aliphatic carbocycles. The van der Waals surface area contributed by atoms with Crippen molar-refractivity contribution in [1.82, 2.24) is 10.2 Å². The lowest BCUT2D eigenvalue weighted by Crippen LogP contribution is -2.41. The van der Waals surface area contributed by atoms with E-state index < -0.39 is 17.5 Å². The Morgan fingerprint density at radius 1 is 1.08 bits per heavy atom. The van der Waals surface area contributed by atoms with E-state index in [9.17, 15) is 14.4 Å². The number of nitrogens with zero attached hydrogens (tertiary/aromatic N) is 1. The summed E-state index contributed by atoms with van der Waals surface area (Å²) in [4.78, 5) is 38.3. The first-order valence-corrected chi connectivity index (χ1v) is 7.78. The molecule has 122 valence electrons. The van der Waals surface area contributed by atoms with Gasteiger partial charge in [0.05, 0.1) is 11.6 Å². The summed E-state index contributed by atoms with van der Waals surface area (Å²) >= 11 is 6.00. The first-order chi connectivity index (χ1) is 11.4. The van der Waals surface area contributed by atoms with Crippen molar-refractivity contribution >= 4 is 29.3 Å². The number of hydrogen-bond donors (Lipinski definition) is 1. The van der Waals surface area contributed by atoms with Crippen molar-refractivity contribution in [1.29, 1.82) is 0 Å². The van der Waals surface area contributed by atoms with Gasteiger partial charge in [0.2, 0.25) is 0 Å². The largest absolute Gasteiger partial charge is 0.325 e. The molecule has 1 aliphatic heterocycles. The van der Waals surface area contributed by atoms with Gasteiger partial charge in [-0.15, -0.1) is 0 Å². The Balaban J connectivity index is 1.85. The van der Waals surface area contributed by atoms with E-state index in [4.69, 9.17) is 11.6 Å². The maximum Gasteiger partial charge on any atom is 0.325 e. The average Bonchev–Trinajstić information content (AvgIpc) is 2.80. The second-order valence-electron chi connectivity index (χ2n) is 5.72. The van der Waals surface area contributed by atoms with Crippen LogP contribution in [0.25, 0.3) is 0 Å². The van der Waals surface area contributed by atoms with Gasteiger partial charge < -0.3 is 5.32 Å². The fourth-order valence-electron chi connectivity index (χ4n) is 2.72. The molecule has 24 heavy (non-hydrogen) atoms. The first kappa shape index (κ1) is 16.2. The highest BCUT2D eigenvalue weighted by Crippen LogP contribution is 2.29. The predicted octanol–water partition coefficient (Wildman–Crippen LogP) is 2.99. The van der Waals surface area contributed by atoms with Crippen LogP contribution in [0, 0.1) is 0 Å². The second-order valence-corrected chi connectivity index (χ2v) is 6.12. The minimum atomic E-state index is -1.18. The number of urea groups is 1. The SMILES string of the molecule is C[C@]1(c2ccccc2)NC(=O)N(CC(=O)c2ccccc2Cl)C1=O. The van der Waals surface area contributed by atoms with Crippen LogP contribution >= 0.6 is 11.6 Å². The molecule has 6 heteroatoms. The van der Waals surface area contributed by atoms with Gasteiger partial charge in [-0.2, -0.15) is 0 Å². The molecule has 1 aliphatic rings. The monoisotopic (exact) mass is 342 g/mol. The Hall–Kier alpha value is -2.66. The van der Waals surface area contributed by atoms with E-state index in [-0.39, 0.29) is 17.9 Å². The van der Waals surface area contributed by atoms with Crippen molar-refractivity contribution in [3.63, 3.8) is 0 Å². The van der Waals surface area contributed by atoms with Crippen LogP contribution in [0.3, 0.4) is 0 Å². The molecule has 5 nitrogen and oxygen atoms in total. The maximum atomic E-state index is 12.7. The highest BCUT2D eigenvalue weighted by atomic mass is 35.5. The smallest absolute Gasteiger partial charge is 0.319 e. The molecule has 2 aromatic carbocycles. The van der Waals surface area contributed by atoms with E-state index in [1.807, 2.05) is 6.07 Å². The van der Waals surface area contributed by atoms with Crippen LogP contribution in [0.5, 0.6) is 0 Å². The Morgan fingerprint density at radius 3 is 2.38 bits per heavy atom. The van der Waals surface area contributed by atoms with Gasteiger partial charge >= 0.3 is 6.03 Å². The minimum Gasteiger partial charge on any atom is -0.319 e. The Labute approximate surface area is 144 Å². The number of carbonyl (C=O) groups excluding carboxylic acids is 3. The van der Waals surface area contributed by atoms with Crippen LogP contribution in [0.2, 0.25) is 5.02 Å². The summed E-state index contributed by atoms with van der Waals surface area (Å²) in [5.41, 5.74) is -0.233. The predicted molar refractivity (Wildman–Crippen MR) is 89.8 cm³/mol. The number of ketones is 1. The lowest BCUT2D eigenvalue weighted by Gasteiger charge is -2.22. The zero-order valence-corrected chi connectivity index (χ0v) is 13.7. The van der Waals surface area contributed by atoms with Crippen LogP contribution in [0.1, 0.15) is 22.8 Å². The molecule has 3 amide bonds. The highest BCUT2D eigenvalue weighted by Gasteiger charge is 2.49. The lowest BCUT2D eigenvalue weighted by molar-refractivity contribution is -0.130. The Morgan fingerprint density at radius 2 is 1.71 bits per heavy atom. The van der Waals surface area contributed by atoms with E-state index >= 15 is 0 Å². The third kappa shape index (κ3) is 2.67. The molecule has 0 radical (unpaired) electrons. The van der Waals surface area contributed by atoms with Crippen molar-refractivity contribution in [2.75, 3.05) is 6.54 Å².